The van der Waals surface area contributed by atoms with Gasteiger partial charge in [-0.25, -0.2) is 0 Å². The Morgan fingerprint density at radius 1 is 1.16 bits per heavy atom. The molecule has 2 aromatic rings. The van der Waals surface area contributed by atoms with Gasteiger partial charge in [-0.15, -0.1) is 0 Å². The molecule has 19 heavy (non-hydrogen) atoms. The Balaban J connectivity index is 2.13. The molecule has 0 spiro atoms. The van der Waals surface area contributed by atoms with E-state index in [0.717, 1.165) is 18.8 Å². The van der Waals surface area contributed by atoms with Gasteiger partial charge in [-0.3, -0.25) is 4.98 Å². The highest BCUT2D eigenvalue weighted by atomic mass is 16.3. The fourth-order valence-electron chi connectivity index (χ4n) is 2.02. The molecule has 0 saturated heterocycles. The first-order valence-corrected chi connectivity index (χ1v) is 6.63. The molecule has 0 aliphatic heterocycles. The Labute approximate surface area is 114 Å². The molecule has 2 rings (SSSR count). The zero-order valence-corrected chi connectivity index (χ0v) is 11.5. The molecule has 0 radical (unpaired) electrons. The zero-order valence-electron chi connectivity index (χ0n) is 11.5. The number of aliphatic hydroxyl groups is 1. The highest BCUT2D eigenvalue weighted by Gasteiger charge is 2.07. The van der Waals surface area contributed by atoms with Crippen molar-refractivity contribution >= 4 is 5.69 Å². The molecule has 1 N–H and O–H groups in total. The average molecular weight is 256 g/mol. The molecule has 0 amide bonds. The Morgan fingerprint density at radius 2 is 1.89 bits per heavy atom. The Hall–Kier alpha value is -1.87. The van der Waals surface area contributed by atoms with Crippen molar-refractivity contribution in [2.24, 2.45) is 0 Å². The van der Waals surface area contributed by atoms with Crippen LogP contribution in [0.15, 0.2) is 48.7 Å². The molecule has 1 heterocycles. The third-order valence-corrected chi connectivity index (χ3v) is 3.16. The SMILES string of the molecule is CCN(Cc1ccccc1)c1ccc([C@H](C)O)nc1. The van der Waals surface area contributed by atoms with Gasteiger partial charge < -0.3 is 10.0 Å². The van der Waals surface area contributed by atoms with Crippen molar-refractivity contribution in [3.8, 4) is 0 Å². The fourth-order valence-corrected chi connectivity index (χ4v) is 2.02. The normalized spacial score (nSPS) is 12.2. The number of aromatic nitrogens is 1. The van der Waals surface area contributed by atoms with Gasteiger partial charge in [0.2, 0.25) is 0 Å². The molecule has 0 aliphatic carbocycles. The lowest BCUT2D eigenvalue weighted by molar-refractivity contribution is 0.194. The molecular weight excluding hydrogens is 236 g/mol. The van der Waals surface area contributed by atoms with Crippen LogP contribution in [0.5, 0.6) is 0 Å². The van der Waals surface area contributed by atoms with Crippen molar-refractivity contribution in [3.63, 3.8) is 0 Å². The summed E-state index contributed by atoms with van der Waals surface area (Å²) in [6.07, 6.45) is 1.31. The smallest absolute Gasteiger partial charge is 0.0931 e. The predicted molar refractivity (Wildman–Crippen MR) is 78.0 cm³/mol. The average Bonchev–Trinajstić information content (AvgIpc) is 2.46. The van der Waals surface area contributed by atoms with Gasteiger partial charge in [-0.1, -0.05) is 30.3 Å². The van der Waals surface area contributed by atoms with E-state index >= 15 is 0 Å². The first kappa shape index (κ1) is 13.6. The van der Waals surface area contributed by atoms with Crippen molar-refractivity contribution in [1.29, 1.82) is 0 Å². The summed E-state index contributed by atoms with van der Waals surface area (Å²) in [5.74, 6) is 0. The quantitative estimate of drug-likeness (QED) is 0.892. The molecule has 3 heteroatoms. The Morgan fingerprint density at radius 3 is 2.42 bits per heavy atom. The molecule has 0 aliphatic rings. The summed E-state index contributed by atoms with van der Waals surface area (Å²) in [4.78, 5) is 6.56. The van der Waals surface area contributed by atoms with Crippen molar-refractivity contribution < 1.29 is 5.11 Å². The molecule has 1 aromatic carbocycles. The van der Waals surface area contributed by atoms with Gasteiger partial charge in [0.15, 0.2) is 0 Å². The van der Waals surface area contributed by atoms with E-state index in [1.807, 2.05) is 24.4 Å². The van der Waals surface area contributed by atoms with Gasteiger partial charge in [-0.05, 0) is 31.5 Å². The van der Waals surface area contributed by atoms with E-state index in [1.165, 1.54) is 5.56 Å². The summed E-state index contributed by atoms with van der Waals surface area (Å²) in [5.41, 5.74) is 3.07. The number of aliphatic hydroxyl groups excluding tert-OH is 1. The van der Waals surface area contributed by atoms with Crippen LogP contribution in [0.3, 0.4) is 0 Å². The van der Waals surface area contributed by atoms with Gasteiger partial charge in [0.05, 0.1) is 23.7 Å². The van der Waals surface area contributed by atoms with Crippen LogP contribution in [0.2, 0.25) is 0 Å². The number of anilines is 1. The number of benzene rings is 1. The van der Waals surface area contributed by atoms with E-state index in [-0.39, 0.29) is 0 Å². The molecule has 100 valence electrons. The standard InChI is InChI=1S/C16H20N2O/c1-3-18(12-14-7-5-4-6-8-14)15-9-10-16(13(2)19)17-11-15/h4-11,13,19H,3,12H2,1-2H3/t13-/m0/s1. The molecule has 1 aromatic heterocycles. The minimum absolute atomic E-state index is 0.516. The first-order chi connectivity index (χ1) is 9.20. The highest BCUT2D eigenvalue weighted by molar-refractivity contribution is 5.45. The fraction of sp³-hybridized carbons (Fsp3) is 0.312. The van der Waals surface area contributed by atoms with Crippen LogP contribution >= 0.6 is 0 Å². The lowest BCUT2D eigenvalue weighted by Gasteiger charge is -2.23. The van der Waals surface area contributed by atoms with E-state index in [4.69, 9.17) is 0 Å². The molecule has 0 saturated carbocycles. The van der Waals surface area contributed by atoms with Crippen LogP contribution in [0.25, 0.3) is 0 Å². The molecule has 3 nitrogen and oxygen atoms in total. The maximum atomic E-state index is 9.47. The van der Waals surface area contributed by atoms with Crippen LogP contribution in [-0.4, -0.2) is 16.6 Å². The number of hydrogen-bond donors (Lipinski definition) is 1. The van der Waals surface area contributed by atoms with E-state index in [2.05, 4.69) is 41.1 Å². The maximum Gasteiger partial charge on any atom is 0.0931 e. The lowest BCUT2D eigenvalue weighted by atomic mass is 10.2. The molecule has 0 unspecified atom stereocenters. The number of rotatable bonds is 5. The Kier molecular flexibility index (Phi) is 4.53. The highest BCUT2D eigenvalue weighted by Crippen LogP contribution is 2.18. The second-order valence-corrected chi connectivity index (χ2v) is 4.62. The van der Waals surface area contributed by atoms with Crippen LogP contribution in [0.1, 0.15) is 31.2 Å². The van der Waals surface area contributed by atoms with Crippen molar-refractivity contribution in [1.82, 2.24) is 4.98 Å². The van der Waals surface area contributed by atoms with Crippen LogP contribution in [0.4, 0.5) is 5.69 Å². The molecule has 0 bridgehead atoms. The molecule has 1 atom stereocenters. The van der Waals surface area contributed by atoms with Crippen LogP contribution in [0, 0.1) is 0 Å². The van der Waals surface area contributed by atoms with E-state index in [0.29, 0.717) is 5.69 Å². The first-order valence-electron chi connectivity index (χ1n) is 6.63. The van der Waals surface area contributed by atoms with Gasteiger partial charge in [-0.2, -0.15) is 0 Å². The summed E-state index contributed by atoms with van der Waals surface area (Å²) in [6, 6.07) is 14.3. The van der Waals surface area contributed by atoms with Crippen molar-refractivity contribution in [2.75, 3.05) is 11.4 Å². The third-order valence-electron chi connectivity index (χ3n) is 3.16. The molecule has 0 fully saturated rings. The van der Waals surface area contributed by atoms with E-state index in [1.54, 1.807) is 6.92 Å². The Bertz CT molecular complexity index is 494. The van der Waals surface area contributed by atoms with Gasteiger partial charge in [0.1, 0.15) is 0 Å². The molecular formula is C16H20N2O. The van der Waals surface area contributed by atoms with Crippen LogP contribution < -0.4 is 4.90 Å². The van der Waals surface area contributed by atoms with Crippen molar-refractivity contribution in [2.45, 2.75) is 26.5 Å². The largest absolute Gasteiger partial charge is 0.387 e. The summed E-state index contributed by atoms with van der Waals surface area (Å²) in [5, 5.41) is 9.47. The van der Waals surface area contributed by atoms with Crippen molar-refractivity contribution in [3.05, 3.63) is 59.9 Å². The second-order valence-electron chi connectivity index (χ2n) is 4.62. The topological polar surface area (TPSA) is 36.4 Å². The van der Waals surface area contributed by atoms with Crippen LogP contribution in [-0.2, 0) is 6.54 Å². The maximum absolute atomic E-state index is 9.47. The summed E-state index contributed by atoms with van der Waals surface area (Å²) in [6.45, 7) is 5.65. The number of nitrogens with zero attached hydrogens (tertiary/aromatic N) is 2. The van der Waals surface area contributed by atoms with E-state index < -0.39 is 6.10 Å². The number of pyridine rings is 1. The summed E-state index contributed by atoms with van der Waals surface area (Å²) < 4.78 is 0. The second kappa shape index (κ2) is 6.34. The van der Waals surface area contributed by atoms with E-state index in [9.17, 15) is 5.11 Å². The monoisotopic (exact) mass is 256 g/mol. The third kappa shape index (κ3) is 3.55. The summed E-state index contributed by atoms with van der Waals surface area (Å²) in [7, 11) is 0. The minimum atomic E-state index is -0.516. The number of hydrogen-bond acceptors (Lipinski definition) is 3. The van der Waals surface area contributed by atoms with Gasteiger partial charge >= 0.3 is 0 Å². The minimum Gasteiger partial charge on any atom is -0.387 e. The van der Waals surface area contributed by atoms with Gasteiger partial charge in [0, 0.05) is 13.1 Å². The predicted octanol–water partition coefficient (Wildman–Crippen LogP) is 3.16. The van der Waals surface area contributed by atoms with Gasteiger partial charge in [0.25, 0.3) is 0 Å². The lowest BCUT2D eigenvalue weighted by Crippen LogP contribution is -2.22. The summed E-state index contributed by atoms with van der Waals surface area (Å²) >= 11 is 0. The zero-order chi connectivity index (χ0) is 13.7.